The Bertz CT molecular complexity index is 1700. The zero-order chi connectivity index (χ0) is 27.3. The number of nitrogens with one attached hydrogen (secondary N) is 1. The lowest BCUT2D eigenvalue weighted by atomic mass is 10.1. The first-order chi connectivity index (χ1) is 18.1. The summed E-state index contributed by atoms with van der Waals surface area (Å²) in [5.41, 5.74) is 3.97. The van der Waals surface area contributed by atoms with Crippen LogP contribution in [0.15, 0.2) is 107 Å². The molecule has 0 saturated heterocycles. The van der Waals surface area contributed by atoms with Gasteiger partial charge < -0.3 is 0 Å². The van der Waals surface area contributed by atoms with Gasteiger partial charge in [-0.3, -0.25) is 9.03 Å². The van der Waals surface area contributed by atoms with Gasteiger partial charge >= 0.3 is 0 Å². The van der Waals surface area contributed by atoms with Crippen LogP contribution in [0, 0.1) is 32.6 Å². The highest BCUT2D eigenvalue weighted by atomic mass is 32.2. The average Bonchev–Trinajstić information content (AvgIpc) is 2.88. The molecule has 38 heavy (non-hydrogen) atoms. The third kappa shape index (κ3) is 6.25. The summed E-state index contributed by atoms with van der Waals surface area (Å²) in [7, 11) is -8.06. The van der Waals surface area contributed by atoms with E-state index in [1.54, 1.807) is 42.5 Å². The van der Waals surface area contributed by atoms with Gasteiger partial charge in [-0.05, 0) is 69.3 Å². The molecule has 0 aliphatic rings. The smallest absolute Gasteiger partial charge is 0.265 e. The number of aryl methyl sites for hydroxylation is 3. The van der Waals surface area contributed by atoms with Crippen molar-refractivity contribution in [3.63, 3.8) is 0 Å². The largest absolute Gasteiger partial charge is 0.277 e. The highest BCUT2D eigenvalue weighted by molar-refractivity contribution is 7.93. The molecule has 0 fully saturated rings. The Morgan fingerprint density at radius 1 is 0.658 bits per heavy atom. The second-order valence-electron chi connectivity index (χ2n) is 8.93. The van der Waals surface area contributed by atoms with Crippen molar-refractivity contribution in [3.05, 3.63) is 119 Å². The first kappa shape index (κ1) is 27.0. The van der Waals surface area contributed by atoms with Gasteiger partial charge in [0.25, 0.3) is 20.0 Å². The zero-order valence-electron chi connectivity index (χ0n) is 21.3. The van der Waals surface area contributed by atoms with E-state index in [-0.39, 0.29) is 27.7 Å². The van der Waals surface area contributed by atoms with Crippen molar-refractivity contribution in [2.24, 2.45) is 0 Å². The number of sulfonamides is 2. The average molecular weight is 545 g/mol. The van der Waals surface area contributed by atoms with Crippen LogP contribution in [0.5, 0.6) is 0 Å². The molecule has 0 aliphatic heterocycles. The number of hydrogen-bond donors (Lipinski definition) is 1. The Balaban J connectivity index is 1.77. The van der Waals surface area contributed by atoms with Gasteiger partial charge in [-0.2, -0.15) is 0 Å². The number of nitrogens with zero attached hydrogens (tertiary/aromatic N) is 1. The molecule has 0 spiro atoms. The van der Waals surface area contributed by atoms with Crippen molar-refractivity contribution in [3.8, 4) is 11.8 Å². The van der Waals surface area contributed by atoms with E-state index in [1.807, 2.05) is 45.0 Å². The van der Waals surface area contributed by atoms with E-state index in [1.165, 1.54) is 30.3 Å². The minimum absolute atomic E-state index is 0.0741. The maximum atomic E-state index is 13.8. The van der Waals surface area contributed by atoms with Crippen LogP contribution in [0.2, 0.25) is 0 Å². The predicted molar refractivity (Wildman–Crippen MR) is 152 cm³/mol. The van der Waals surface area contributed by atoms with E-state index >= 15 is 0 Å². The van der Waals surface area contributed by atoms with Crippen molar-refractivity contribution in [2.45, 2.75) is 30.6 Å². The fourth-order valence-electron chi connectivity index (χ4n) is 3.69. The Morgan fingerprint density at radius 3 is 1.74 bits per heavy atom. The molecule has 0 unspecified atom stereocenters. The summed E-state index contributed by atoms with van der Waals surface area (Å²) < 4.78 is 57.7. The van der Waals surface area contributed by atoms with Crippen LogP contribution >= 0.6 is 0 Å². The predicted octanol–water partition coefficient (Wildman–Crippen LogP) is 5.66. The fraction of sp³-hybridized carbons (Fsp3) is 0.133. The van der Waals surface area contributed by atoms with Crippen LogP contribution in [0.4, 0.5) is 11.4 Å². The lowest BCUT2D eigenvalue weighted by molar-refractivity contribution is 0.592. The molecular formula is C30H28N2O4S2. The van der Waals surface area contributed by atoms with E-state index < -0.39 is 20.0 Å². The molecule has 6 nitrogen and oxygen atoms in total. The minimum atomic E-state index is -4.08. The molecular weight excluding hydrogens is 516 g/mol. The third-order valence-corrected chi connectivity index (χ3v) is 9.02. The topological polar surface area (TPSA) is 83.6 Å². The van der Waals surface area contributed by atoms with Crippen LogP contribution in [0.3, 0.4) is 0 Å². The van der Waals surface area contributed by atoms with Crippen molar-refractivity contribution in [2.75, 3.05) is 15.6 Å². The van der Waals surface area contributed by atoms with E-state index in [4.69, 9.17) is 0 Å². The molecule has 0 aromatic heterocycles. The van der Waals surface area contributed by atoms with Crippen LogP contribution in [-0.4, -0.2) is 23.4 Å². The molecule has 0 bridgehead atoms. The third-order valence-electron chi connectivity index (χ3n) is 5.86. The van der Waals surface area contributed by atoms with Crippen molar-refractivity contribution in [1.82, 2.24) is 0 Å². The van der Waals surface area contributed by atoms with Gasteiger partial charge in [0.05, 0.1) is 27.7 Å². The van der Waals surface area contributed by atoms with Crippen LogP contribution in [0.1, 0.15) is 22.3 Å². The summed E-state index contributed by atoms with van der Waals surface area (Å²) in [5.74, 6) is 5.96. The fourth-order valence-corrected chi connectivity index (χ4v) is 6.15. The Kier molecular flexibility index (Phi) is 7.91. The minimum Gasteiger partial charge on any atom is -0.277 e. The number of para-hydroxylation sites is 2. The van der Waals surface area contributed by atoms with Gasteiger partial charge in [-0.1, -0.05) is 77.1 Å². The zero-order valence-corrected chi connectivity index (χ0v) is 23.0. The van der Waals surface area contributed by atoms with E-state index in [0.717, 1.165) is 26.6 Å². The number of hydrogen-bond acceptors (Lipinski definition) is 4. The first-order valence-corrected chi connectivity index (χ1v) is 14.8. The van der Waals surface area contributed by atoms with Crippen LogP contribution < -0.4 is 9.03 Å². The Labute approximate surface area is 225 Å². The van der Waals surface area contributed by atoms with Crippen LogP contribution in [0.25, 0.3) is 0 Å². The summed E-state index contributed by atoms with van der Waals surface area (Å²) in [4.78, 5) is 0.154. The van der Waals surface area contributed by atoms with Gasteiger partial charge in [0.15, 0.2) is 0 Å². The molecule has 0 saturated carbocycles. The Morgan fingerprint density at radius 2 is 1.16 bits per heavy atom. The lowest BCUT2D eigenvalue weighted by Crippen LogP contribution is -2.32. The first-order valence-electron chi connectivity index (χ1n) is 11.9. The molecule has 194 valence electrons. The van der Waals surface area contributed by atoms with Gasteiger partial charge in [0.2, 0.25) is 0 Å². The SMILES string of the molecule is Cc1ccc(C#CCN(c2ccccc2NS(=O)(=O)c2ccc(C)cc2)S(=O)(=O)c2ccc(C)cc2)cc1. The molecule has 0 atom stereocenters. The molecule has 1 N–H and O–H groups in total. The lowest BCUT2D eigenvalue weighted by Gasteiger charge is -2.25. The molecule has 0 heterocycles. The van der Waals surface area contributed by atoms with E-state index in [0.29, 0.717) is 0 Å². The highest BCUT2D eigenvalue weighted by Gasteiger charge is 2.27. The summed E-state index contributed by atoms with van der Waals surface area (Å²) >= 11 is 0. The molecule has 4 aromatic rings. The summed E-state index contributed by atoms with van der Waals surface area (Å²) in [6.45, 7) is 5.52. The van der Waals surface area contributed by atoms with Gasteiger partial charge in [-0.25, -0.2) is 16.8 Å². The number of rotatable bonds is 7. The maximum absolute atomic E-state index is 13.8. The molecule has 0 radical (unpaired) electrons. The van der Waals surface area contributed by atoms with Gasteiger partial charge in [0, 0.05) is 5.56 Å². The summed E-state index contributed by atoms with van der Waals surface area (Å²) in [5, 5.41) is 0. The molecule has 4 aromatic carbocycles. The normalized spacial score (nSPS) is 11.3. The number of benzene rings is 4. The van der Waals surface area contributed by atoms with Crippen molar-refractivity contribution in [1.29, 1.82) is 0 Å². The molecule has 0 amide bonds. The highest BCUT2D eigenvalue weighted by Crippen LogP contribution is 2.32. The second kappa shape index (κ2) is 11.1. The maximum Gasteiger partial charge on any atom is 0.265 e. The van der Waals surface area contributed by atoms with Crippen molar-refractivity contribution < 1.29 is 16.8 Å². The van der Waals surface area contributed by atoms with Gasteiger partial charge in [-0.15, -0.1) is 0 Å². The Hall–Kier alpha value is -4.06. The molecule has 8 heteroatoms. The van der Waals surface area contributed by atoms with Gasteiger partial charge in [0.1, 0.15) is 0 Å². The quantitative estimate of drug-likeness (QED) is 0.304. The van der Waals surface area contributed by atoms with Crippen LogP contribution in [-0.2, 0) is 20.0 Å². The molecule has 0 aliphatic carbocycles. The van der Waals surface area contributed by atoms with E-state index in [9.17, 15) is 16.8 Å². The van der Waals surface area contributed by atoms with E-state index in [2.05, 4.69) is 16.6 Å². The van der Waals surface area contributed by atoms with Crippen molar-refractivity contribution >= 4 is 31.4 Å². The monoisotopic (exact) mass is 544 g/mol. The number of anilines is 2. The summed E-state index contributed by atoms with van der Waals surface area (Å²) in [6.07, 6.45) is 0. The standard InChI is InChI=1S/C30H28N2O4S2/c1-23-10-16-26(17-11-23)7-6-22-32(38(35,36)28-20-14-25(3)15-21-28)30-9-5-4-8-29(30)31-37(33,34)27-18-12-24(2)13-19-27/h4-5,8-21,31H,22H2,1-3H3. The second-order valence-corrected chi connectivity index (χ2v) is 12.5. The summed E-state index contributed by atoms with van der Waals surface area (Å²) in [6, 6.07) is 26.9. The molecule has 4 rings (SSSR count).